The predicted octanol–water partition coefficient (Wildman–Crippen LogP) is 1.24. The molecule has 0 fully saturated rings. The number of nitriles is 1. The molecule has 0 N–H and O–H groups in total. The molecule has 21 heavy (non-hydrogen) atoms. The molecule has 0 aliphatic heterocycles. The Bertz CT molecular complexity index is 851. The largest absolute Gasteiger partial charge is 0.310 e. The number of hydrogen-bond acceptors (Lipinski definition) is 5. The van der Waals surface area contributed by atoms with E-state index in [0.29, 0.717) is 5.56 Å². The van der Waals surface area contributed by atoms with Crippen molar-refractivity contribution in [1.29, 1.82) is 5.26 Å². The summed E-state index contributed by atoms with van der Waals surface area (Å²) in [6.07, 6.45) is 2.71. The van der Waals surface area contributed by atoms with Crippen molar-refractivity contribution in [1.82, 2.24) is 9.55 Å². The molecule has 8 heteroatoms. The number of aryl methyl sites for hydroxylation is 1. The van der Waals surface area contributed by atoms with E-state index < -0.39 is 15.4 Å². The normalized spacial score (nSPS) is 11.0. The highest BCUT2D eigenvalue weighted by Gasteiger charge is 2.15. The fourth-order valence-electron chi connectivity index (χ4n) is 1.67. The van der Waals surface area contributed by atoms with E-state index in [1.165, 1.54) is 41.2 Å². The summed E-state index contributed by atoms with van der Waals surface area (Å²) in [7, 11) is -3.55. The molecule has 6 nitrogen and oxygen atoms in total. The highest BCUT2D eigenvalue weighted by molar-refractivity contribution is 7.91. The van der Waals surface area contributed by atoms with Gasteiger partial charge in [0.05, 0.1) is 22.3 Å². The molecule has 0 amide bonds. The van der Waals surface area contributed by atoms with Gasteiger partial charge in [0.15, 0.2) is 15.0 Å². The molecular formula is C13H10ClN3O3S. The average molecular weight is 324 g/mol. The molecule has 2 aromatic rings. The van der Waals surface area contributed by atoms with Crippen molar-refractivity contribution in [3.05, 3.63) is 57.7 Å². The molecule has 0 spiro atoms. The molecule has 1 aromatic carbocycles. The lowest BCUT2D eigenvalue weighted by molar-refractivity contribution is 0.586. The molecule has 1 aromatic heterocycles. The maximum absolute atomic E-state index is 12.2. The summed E-state index contributed by atoms with van der Waals surface area (Å²) in [4.78, 5) is 15.4. The molecule has 2 rings (SSSR count). The Kier molecular flexibility index (Phi) is 4.40. The Balaban J connectivity index is 2.20. The van der Waals surface area contributed by atoms with E-state index in [1.807, 2.05) is 6.07 Å². The molecule has 0 radical (unpaired) electrons. The van der Waals surface area contributed by atoms with Crippen molar-refractivity contribution >= 4 is 21.4 Å². The fraction of sp³-hybridized carbons (Fsp3) is 0.154. The first-order valence-electron chi connectivity index (χ1n) is 5.88. The van der Waals surface area contributed by atoms with E-state index in [1.54, 1.807) is 0 Å². The SMILES string of the molecule is N#Cc1ccc(S(=O)(=O)CCn2ccnc(Cl)c2=O)cc1. The van der Waals surface area contributed by atoms with Gasteiger partial charge in [-0.15, -0.1) is 0 Å². The van der Waals surface area contributed by atoms with Crippen LogP contribution in [0.4, 0.5) is 0 Å². The van der Waals surface area contributed by atoms with Gasteiger partial charge in [-0.1, -0.05) is 11.6 Å². The molecular weight excluding hydrogens is 314 g/mol. The van der Waals surface area contributed by atoms with E-state index in [-0.39, 0.29) is 22.3 Å². The number of benzene rings is 1. The number of rotatable bonds is 4. The van der Waals surface area contributed by atoms with Crippen molar-refractivity contribution < 1.29 is 8.42 Å². The number of sulfone groups is 1. The van der Waals surface area contributed by atoms with Gasteiger partial charge in [0, 0.05) is 18.9 Å². The molecule has 108 valence electrons. The van der Waals surface area contributed by atoms with Crippen LogP contribution in [-0.4, -0.2) is 23.7 Å². The molecule has 0 saturated carbocycles. The smallest absolute Gasteiger partial charge is 0.288 e. The Hall–Kier alpha value is -2.17. The number of nitrogens with zero attached hydrogens (tertiary/aromatic N) is 3. The van der Waals surface area contributed by atoms with Crippen molar-refractivity contribution in [3.63, 3.8) is 0 Å². The van der Waals surface area contributed by atoms with Gasteiger partial charge in [0.1, 0.15) is 0 Å². The van der Waals surface area contributed by atoms with E-state index in [9.17, 15) is 13.2 Å². The van der Waals surface area contributed by atoms with Crippen molar-refractivity contribution in [2.75, 3.05) is 5.75 Å². The highest BCUT2D eigenvalue weighted by Crippen LogP contribution is 2.12. The second-order valence-electron chi connectivity index (χ2n) is 4.17. The van der Waals surface area contributed by atoms with Crippen LogP contribution in [0.5, 0.6) is 0 Å². The van der Waals surface area contributed by atoms with Crippen LogP contribution >= 0.6 is 11.6 Å². The first kappa shape index (κ1) is 15.2. The van der Waals surface area contributed by atoms with Gasteiger partial charge in [-0.25, -0.2) is 13.4 Å². The van der Waals surface area contributed by atoms with Crippen LogP contribution in [0, 0.1) is 11.3 Å². The van der Waals surface area contributed by atoms with Gasteiger partial charge in [-0.3, -0.25) is 4.79 Å². The van der Waals surface area contributed by atoms with Gasteiger partial charge < -0.3 is 4.57 Å². The summed E-state index contributed by atoms with van der Waals surface area (Å²) in [5, 5.41) is 8.48. The van der Waals surface area contributed by atoms with Crippen LogP contribution < -0.4 is 5.56 Å². The molecule has 0 unspecified atom stereocenters. The standard InChI is InChI=1S/C13H10ClN3O3S/c14-12-13(18)17(6-5-16-12)7-8-21(19,20)11-3-1-10(9-15)2-4-11/h1-6H,7-8H2. The molecule has 0 aliphatic rings. The number of hydrogen-bond donors (Lipinski definition) is 0. The zero-order valence-corrected chi connectivity index (χ0v) is 12.3. The minimum atomic E-state index is -3.55. The number of halogens is 1. The van der Waals surface area contributed by atoms with Crippen molar-refractivity contribution in [3.8, 4) is 6.07 Å². The lowest BCUT2D eigenvalue weighted by atomic mass is 10.2. The molecule has 0 atom stereocenters. The Labute approximate surface area is 126 Å². The highest BCUT2D eigenvalue weighted by atomic mass is 35.5. The summed E-state index contributed by atoms with van der Waals surface area (Å²) in [6, 6.07) is 7.52. The Morgan fingerprint density at radius 3 is 2.57 bits per heavy atom. The summed E-state index contributed by atoms with van der Waals surface area (Å²) in [5.41, 5.74) is -0.153. The average Bonchev–Trinajstić information content (AvgIpc) is 2.49. The van der Waals surface area contributed by atoms with E-state index >= 15 is 0 Å². The van der Waals surface area contributed by atoms with Crippen LogP contribution in [0.15, 0.2) is 46.3 Å². The van der Waals surface area contributed by atoms with Gasteiger partial charge in [-0.2, -0.15) is 5.26 Å². The van der Waals surface area contributed by atoms with Gasteiger partial charge in [-0.05, 0) is 24.3 Å². The fourth-order valence-corrected chi connectivity index (χ4v) is 3.06. The molecule has 0 bridgehead atoms. The quantitative estimate of drug-likeness (QED) is 0.844. The monoisotopic (exact) mass is 323 g/mol. The zero-order valence-electron chi connectivity index (χ0n) is 10.7. The maximum Gasteiger partial charge on any atom is 0.288 e. The van der Waals surface area contributed by atoms with E-state index in [4.69, 9.17) is 16.9 Å². The maximum atomic E-state index is 12.2. The third-order valence-electron chi connectivity index (χ3n) is 2.82. The number of aromatic nitrogens is 2. The van der Waals surface area contributed by atoms with E-state index in [0.717, 1.165) is 0 Å². The van der Waals surface area contributed by atoms with Gasteiger partial charge in [0.25, 0.3) is 5.56 Å². The summed E-state index contributed by atoms with van der Waals surface area (Å²) < 4.78 is 25.5. The van der Waals surface area contributed by atoms with E-state index in [2.05, 4.69) is 4.98 Å². The van der Waals surface area contributed by atoms with Crippen molar-refractivity contribution in [2.45, 2.75) is 11.4 Å². The second-order valence-corrected chi connectivity index (χ2v) is 6.64. The second kappa shape index (κ2) is 6.08. The van der Waals surface area contributed by atoms with Crippen LogP contribution in [0.3, 0.4) is 0 Å². The Morgan fingerprint density at radius 1 is 1.29 bits per heavy atom. The lowest BCUT2D eigenvalue weighted by Gasteiger charge is -2.07. The van der Waals surface area contributed by atoms with Crippen LogP contribution in [0.25, 0.3) is 0 Å². The minimum absolute atomic E-state index is 0.0244. The molecule has 0 saturated heterocycles. The predicted molar refractivity (Wildman–Crippen MR) is 76.7 cm³/mol. The summed E-state index contributed by atoms with van der Waals surface area (Å²) in [5.74, 6) is -0.251. The molecule has 0 aliphatic carbocycles. The topological polar surface area (TPSA) is 92.8 Å². The van der Waals surface area contributed by atoms with Gasteiger partial charge >= 0.3 is 0 Å². The van der Waals surface area contributed by atoms with Crippen LogP contribution in [0.2, 0.25) is 5.15 Å². The first-order valence-corrected chi connectivity index (χ1v) is 7.91. The lowest BCUT2D eigenvalue weighted by Crippen LogP contribution is -2.24. The minimum Gasteiger partial charge on any atom is -0.310 e. The third kappa shape index (κ3) is 3.48. The van der Waals surface area contributed by atoms with Gasteiger partial charge in [0.2, 0.25) is 0 Å². The molecule has 1 heterocycles. The summed E-state index contributed by atoms with van der Waals surface area (Å²) >= 11 is 5.59. The Morgan fingerprint density at radius 2 is 1.95 bits per heavy atom. The van der Waals surface area contributed by atoms with Crippen LogP contribution in [0.1, 0.15) is 5.56 Å². The van der Waals surface area contributed by atoms with Crippen molar-refractivity contribution in [2.24, 2.45) is 0 Å². The third-order valence-corrected chi connectivity index (χ3v) is 4.78. The zero-order chi connectivity index (χ0) is 15.5. The van der Waals surface area contributed by atoms with Crippen LogP contribution in [-0.2, 0) is 16.4 Å². The first-order chi connectivity index (χ1) is 9.94. The summed E-state index contributed by atoms with van der Waals surface area (Å²) in [6.45, 7) is -0.0244.